The number of nitrogens with two attached hydrogens (primary N) is 1. The maximum atomic E-state index is 12.9. The van der Waals surface area contributed by atoms with Gasteiger partial charge in [-0.1, -0.05) is 6.07 Å². The summed E-state index contributed by atoms with van der Waals surface area (Å²) in [6, 6.07) is 6.46. The molecule has 0 atom stereocenters. The van der Waals surface area contributed by atoms with Crippen molar-refractivity contribution in [1.82, 2.24) is 4.98 Å². The third-order valence-electron chi connectivity index (χ3n) is 2.00. The summed E-state index contributed by atoms with van der Waals surface area (Å²) in [6.07, 6.45) is 1.68. The molecule has 0 amide bonds. The lowest BCUT2D eigenvalue weighted by Crippen LogP contribution is -2.00. The molecule has 0 radical (unpaired) electrons. The molecule has 0 saturated heterocycles. The van der Waals surface area contributed by atoms with Crippen molar-refractivity contribution in [3.05, 3.63) is 42.0 Å². The van der Waals surface area contributed by atoms with Crippen LogP contribution in [0.2, 0.25) is 0 Å². The van der Waals surface area contributed by atoms with Gasteiger partial charge < -0.3 is 5.73 Å². The molecule has 0 aliphatic carbocycles. The van der Waals surface area contributed by atoms with Crippen LogP contribution in [0.5, 0.6) is 0 Å². The number of rotatable bonds is 1. The summed E-state index contributed by atoms with van der Waals surface area (Å²) < 4.78 is 12.9. The lowest BCUT2D eigenvalue weighted by molar-refractivity contribution is 0.629. The topological polar surface area (TPSA) is 38.9 Å². The van der Waals surface area contributed by atoms with Gasteiger partial charge >= 0.3 is 0 Å². The average Bonchev–Trinajstić information content (AvgIpc) is 2.17. The molecule has 0 spiro atoms. The summed E-state index contributed by atoms with van der Waals surface area (Å²) in [5.41, 5.74) is 6.21. The van der Waals surface area contributed by atoms with Gasteiger partial charge in [0.15, 0.2) is 0 Å². The first-order valence-electron chi connectivity index (χ1n) is 4.04. The Morgan fingerprint density at radius 1 is 1.31 bits per heavy atom. The van der Waals surface area contributed by atoms with Gasteiger partial charge in [0.1, 0.15) is 5.82 Å². The summed E-state index contributed by atoms with van der Waals surface area (Å²) >= 11 is 0. The normalized spacial score (nSPS) is 10.6. The van der Waals surface area contributed by atoms with Crippen molar-refractivity contribution in [2.24, 2.45) is 5.73 Å². The first-order valence-corrected chi connectivity index (χ1v) is 4.04. The highest BCUT2D eigenvalue weighted by Gasteiger charge is 2.00. The fourth-order valence-corrected chi connectivity index (χ4v) is 1.36. The van der Waals surface area contributed by atoms with Gasteiger partial charge in [0.25, 0.3) is 0 Å². The zero-order chi connectivity index (χ0) is 9.26. The quantitative estimate of drug-likeness (QED) is 0.720. The Morgan fingerprint density at radius 2 is 2.15 bits per heavy atom. The standard InChI is InChI=1S/C10H9FN2/c11-8-2-1-7-3-4-13-10(6-12)9(7)5-8/h1-5H,6,12H2. The van der Waals surface area contributed by atoms with E-state index in [9.17, 15) is 4.39 Å². The van der Waals surface area contributed by atoms with Gasteiger partial charge in [-0.3, -0.25) is 4.98 Å². The zero-order valence-corrected chi connectivity index (χ0v) is 7.00. The van der Waals surface area contributed by atoms with Crippen LogP contribution in [0.25, 0.3) is 10.8 Å². The van der Waals surface area contributed by atoms with Gasteiger partial charge in [0.2, 0.25) is 0 Å². The number of hydrogen-bond acceptors (Lipinski definition) is 2. The van der Waals surface area contributed by atoms with Crippen molar-refractivity contribution in [2.45, 2.75) is 6.54 Å². The van der Waals surface area contributed by atoms with Crippen LogP contribution < -0.4 is 5.73 Å². The van der Waals surface area contributed by atoms with Crippen LogP contribution in [0.3, 0.4) is 0 Å². The third kappa shape index (κ3) is 1.38. The molecule has 1 aromatic heterocycles. The maximum Gasteiger partial charge on any atom is 0.123 e. The smallest absolute Gasteiger partial charge is 0.123 e. The second-order valence-corrected chi connectivity index (χ2v) is 2.83. The first kappa shape index (κ1) is 8.13. The Morgan fingerprint density at radius 3 is 2.92 bits per heavy atom. The molecule has 1 heterocycles. The van der Waals surface area contributed by atoms with Gasteiger partial charge in [-0.15, -0.1) is 0 Å². The van der Waals surface area contributed by atoms with Gasteiger partial charge in [-0.25, -0.2) is 4.39 Å². The Balaban J connectivity index is 2.79. The van der Waals surface area contributed by atoms with Crippen molar-refractivity contribution in [1.29, 1.82) is 0 Å². The summed E-state index contributed by atoms with van der Waals surface area (Å²) in [7, 11) is 0. The molecule has 13 heavy (non-hydrogen) atoms. The molecule has 1 aromatic carbocycles. The molecule has 0 aliphatic heterocycles. The Bertz CT molecular complexity index is 440. The van der Waals surface area contributed by atoms with Crippen molar-refractivity contribution in [3.8, 4) is 0 Å². The van der Waals surface area contributed by atoms with Crippen molar-refractivity contribution in [3.63, 3.8) is 0 Å². The Hall–Kier alpha value is -1.48. The monoisotopic (exact) mass is 176 g/mol. The minimum absolute atomic E-state index is 0.254. The SMILES string of the molecule is NCc1nccc2ccc(F)cc12. The van der Waals surface area contributed by atoms with E-state index in [1.54, 1.807) is 12.3 Å². The highest BCUT2D eigenvalue weighted by atomic mass is 19.1. The summed E-state index contributed by atoms with van der Waals surface area (Å²) in [5, 5.41) is 1.77. The van der Waals surface area contributed by atoms with Crippen LogP contribution in [0, 0.1) is 5.82 Å². The van der Waals surface area contributed by atoms with E-state index in [0.717, 1.165) is 16.5 Å². The highest BCUT2D eigenvalue weighted by molar-refractivity contribution is 5.84. The van der Waals surface area contributed by atoms with E-state index in [4.69, 9.17) is 5.73 Å². The lowest BCUT2D eigenvalue weighted by atomic mass is 10.1. The lowest BCUT2D eigenvalue weighted by Gasteiger charge is -2.02. The molecule has 2 nitrogen and oxygen atoms in total. The molecule has 0 fully saturated rings. The predicted molar refractivity (Wildman–Crippen MR) is 49.6 cm³/mol. The zero-order valence-electron chi connectivity index (χ0n) is 7.00. The number of halogens is 1. The number of benzene rings is 1. The molecule has 2 aromatic rings. The molecular weight excluding hydrogens is 167 g/mol. The molecular formula is C10H9FN2. The average molecular weight is 176 g/mol. The number of pyridine rings is 1. The molecule has 3 heteroatoms. The van der Waals surface area contributed by atoms with Crippen LogP contribution in [-0.4, -0.2) is 4.98 Å². The van der Waals surface area contributed by atoms with Crippen molar-refractivity contribution < 1.29 is 4.39 Å². The molecule has 0 saturated carbocycles. The third-order valence-corrected chi connectivity index (χ3v) is 2.00. The van der Waals surface area contributed by atoms with Crippen LogP contribution >= 0.6 is 0 Å². The Kier molecular flexibility index (Phi) is 1.94. The predicted octanol–water partition coefficient (Wildman–Crippen LogP) is 1.83. The molecule has 2 N–H and O–H groups in total. The minimum atomic E-state index is -0.254. The van der Waals surface area contributed by atoms with Crippen LogP contribution in [-0.2, 0) is 6.54 Å². The molecule has 66 valence electrons. The first-order chi connectivity index (χ1) is 6.31. The van der Waals surface area contributed by atoms with Crippen LogP contribution in [0.4, 0.5) is 4.39 Å². The van der Waals surface area contributed by atoms with E-state index >= 15 is 0 Å². The second-order valence-electron chi connectivity index (χ2n) is 2.83. The second kappa shape index (κ2) is 3.11. The summed E-state index contributed by atoms with van der Waals surface area (Å²) in [5.74, 6) is -0.254. The van der Waals surface area contributed by atoms with Crippen LogP contribution in [0.1, 0.15) is 5.69 Å². The van der Waals surface area contributed by atoms with Gasteiger partial charge in [0.05, 0.1) is 5.69 Å². The fraction of sp³-hybridized carbons (Fsp3) is 0.100. The van der Waals surface area contributed by atoms with E-state index < -0.39 is 0 Å². The molecule has 0 unspecified atom stereocenters. The number of nitrogens with zero attached hydrogens (tertiary/aromatic N) is 1. The van der Waals surface area contributed by atoms with Crippen molar-refractivity contribution in [2.75, 3.05) is 0 Å². The van der Waals surface area contributed by atoms with Crippen molar-refractivity contribution >= 4 is 10.8 Å². The van der Waals surface area contributed by atoms with E-state index in [1.165, 1.54) is 12.1 Å². The van der Waals surface area contributed by atoms with E-state index in [2.05, 4.69) is 4.98 Å². The Labute approximate surface area is 75.2 Å². The van der Waals surface area contributed by atoms with Gasteiger partial charge in [-0.2, -0.15) is 0 Å². The summed E-state index contributed by atoms with van der Waals surface area (Å²) in [4.78, 5) is 4.07. The summed E-state index contributed by atoms with van der Waals surface area (Å²) in [6.45, 7) is 0.334. The largest absolute Gasteiger partial charge is 0.325 e. The van der Waals surface area contributed by atoms with E-state index in [0.29, 0.717) is 6.54 Å². The highest BCUT2D eigenvalue weighted by Crippen LogP contribution is 2.17. The fourth-order valence-electron chi connectivity index (χ4n) is 1.36. The molecule has 0 aliphatic rings. The van der Waals surface area contributed by atoms with Crippen LogP contribution in [0.15, 0.2) is 30.5 Å². The minimum Gasteiger partial charge on any atom is -0.325 e. The van der Waals surface area contributed by atoms with E-state index in [1.807, 2.05) is 6.07 Å². The molecule has 2 rings (SSSR count). The van der Waals surface area contributed by atoms with Gasteiger partial charge in [0, 0.05) is 18.1 Å². The number of hydrogen-bond donors (Lipinski definition) is 1. The molecule has 0 bridgehead atoms. The number of fused-ring (bicyclic) bond motifs is 1. The number of aromatic nitrogens is 1. The maximum absolute atomic E-state index is 12.9. The van der Waals surface area contributed by atoms with E-state index in [-0.39, 0.29) is 5.82 Å². The van der Waals surface area contributed by atoms with Gasteiger partial charge in [-0.05, 0) is 23.6 Å².